The van der Waals surface area contributed by atoms with E-state index in [2.05, 4.69) is 39.0 Å². The summed E-state index contributed by atoms with van der Waals surface area (Å²) in [7, 11) is 0. The molecule has 0 radical (unpaired) electrons. The number of aliphatic hydroxyl groups is 1. The van der Waals surface area contributed by atoms with Gasteiger partial charge in [-0.3, -0.25) is 0 Å². The smallest absolute Gasteiger partial charge is 0.0868 e. The molecule has 1 atom stereocenters. The molecule has 0 aliphatic heterocycles. The zero-order valence-corrected chi connectivity index (χ0v) is 11.0. The van der Waals surface area contributed by atoms with Crippen LogP contribution in [0.1, 0.15) is 56.2 Å². The van der Waals surface area contributed by atoms with Gasteiger partial charge in [0.25, 0.3) is 0 Å². The van der Waals surface area contributed by atoms with Crippen LogP contribution < -0.4 is 0 Å². The van der Waals surface area contributed by atoms with Crippen molar-refractivity contribution in [1.82, 2.24) is 0 Å². The van der Waals surface area contributed by atoms with Crippen LogP contribution in [0.15, 0.2) is 18.2 Å². The largest absolute Gasteiger partial charge is 0.385 e. The first-order valence-electron chi connectivity index (χ1n) is 6.27. The maximum absolute atomic E-state index is 10.5. The molecular weight excluding hydrogens is 196 g/mol. The van der Waals surface area contributed by atoms with Crippen molar-refractivity contribution in [3.63, 3.8) is 0 Å². The molecule has 0 aliphatic carbocycles. The van der Waals surface area contributed by atoms with E-state index < -0.39 is 5.60 Å². The number of unbranched alkanes of at least 4 members (excludes halogenated alkanes) is 2. The Morgan fingerprint density at radius 2 is 1.62 bits per heavy atom. The molecule has 0 spiro atoms. The molecule has 1 nitrogen and oxygen atoms in total. The summed E-state index contributed by atoms with van der Waals surface area (Å²) >= 11 is 0. The molecule has 0 fully saturated rings. The molecule has 0 saturated heterocycles. The fraction of sp³-hybridized carbons (Fsp3) is 0.600. The van der Waals surface area contributed by atoms with Crippen LogP contribution in [-0.2, 0) is 5.60 Å². The molecule has 16 heavy (non-hydrogen) atoms. The second-order valence-corrected chi connectivity index (χ2v) is 5.11. The van der Waals surface area contributed by atoms with Gasteiger partial charge >= 0.3 is 0 Å². The van der Waals surface area contributed by atoms with Gasteiger partial charge in [-0.1, -0.05) is 55.5 Å². The van der Waals surface area contributed by atoms with Crippen molar-refractivity contribution in [2.24, 2.45) is 0 Å². The maximum atomic E-state index is 10.5. The number of hydrogen-bond donors (Lipinski definition) is 1. The second kappa shape index (κ2) is 5.49. The minimum atomic E-state index is -0.675. The predicted octanol–water partition coefficient (Wildman–Crippen LogP) is 4.09. The van der Waals surface area contributed by atoms with Gasteiger partial charge in [0.05, 0.1) is 5.60 Å². The Morgan fingerprint density at radius 1 is 1.06 bits per heavy atom. The number of aryl methyl sites for hydroxylation is 2. The Morgan fingerprint density at radius 3 is 2.12 bits per heavy atom. The molecule has 1 rings (SSSR count). The van der Waals surface area contributed by atoms with Crippen molar-refractivity contribution in [3.05, 3.63) is 34.9 Å². The normalized spacial score (nSPS) is 14.8. The van der Waals surface area contributed by atoms with Gasteiger partial charge < -0.3 is 5.11 Å². The minimum absolute atomic E-state index is 0.675. The third-order valence-corrected chi connectivity index (χ3v) is 3.11. The number of rotatable bonds is 5. The fourth-order valence-corrected chi connectivity index (χ4v) is 2.15. The SMILES string of the molecule is CCCCCC(C)(O)c1cc(C)cc(C)c1. The number of hydrogen-bond acceptors (Lipinski definition) is 1. The summed E-state index contributed by atoms with van der Waals surface area (Å²) in [6.07, 6.45) is 4.34. The zero-order chi connectivity index (χ0) is 12.2. The molecule has 1 unspecified atom stereocenters. The Labute approximate surface area is 99.5 Å². The molecule has 0 aromatic heterocycles. The average molecular weight is 220 g/mol. The Bertz CT molecular complexity index is 319. The lowest BCUT2D eigenvalue weighted by atomic mass is 9.88. The first kappa shape index (κ1) is 13.2. The molecule has 90 valence electrons. The molecule has 1 N–H and O–H groups in total. The molecule has 0 saturated carbocycles. The lowest BCUT2D eigenvalue weighted by Gasteiger charge is -2.24. The van der Waals surface area contributed by atoms with E-state index in [4.69, 9.17) is 0 Å². The first-order valence-corrected chi connectivity index (χ1v) is 6.27. The molecule has 0 heterocycles. The van der Waals surface area contributed by atoms with Crippen LogP contribution in [0.4, 0.5) is 0 Å². The average Bonchev–Trinajstić information content (AvgIpc) is 2.16. The molecule has 1 aromatic rings. The second-order valence-electron chi connectivity index (χ2n) is 5.11. The van der Waals surface area contributed by atoms with Gasteiger partial charge in [-0.25, -0.2) is 0 Å². The van der Waals surface area contributed by atoms with Crippen LogP contribution in [0.3, 0.4) is 0 Å². The van der Waals surface area contributed by atoms with Crippen LogP contribution >= 0.6 is 0 Å². The predicted molar refractivity (Wildman–Crippen MR) is 69.6 cm³/mol. The highest BCUT2D eigenvalue weighted by molar-refractivity contribution is 5.32. The van der Waals surface area contributed by atoms with Crippen molar-refractivity contribution in [2.45, 2.75) is 59.0 Å². The summed E-state index contributed by atoms with van der Waals surface area (Å²) in [5.74, 6) is 0. The third-order valence-electron chi connectivity index (χ3n) is 3.11. The van der Waals surface area contributed by atoms with E-state index in [0.717, 1.165) is 18.4 Å². The van der Waals surface area contributed by atoms with Crippen molar-refractivity contribution < 1.29 is 5.11 Å². The summed E-state index contributed by atoms with van der Waals surface area (Å²) < 4.78 is 0. The van der Waals surface area contributed by atoms with E-state index in [1.54, 1.807) is 0 Å². The van der Waals surface area contributed by atoms with E-state index in [1.165, 1.54) is 24.0 Å². The highest BCUT2D eigenvalue weighted by Gasteiger charge is 2.22. The summed E-state index contributed by atoms with van der Waals surface area (Å²) in [5.41, 5.74) is 2.84. The highest BCUT2D eigenvalue weighted by Crippen LogP contribution is 2.28. The lowest BCUT2D eigenvalue weighted by molar-refractivity contribution is 0.0448. The van der Waals surface area contributed by atoms with Crippen molar-refractivity contribution >= 4 is 0 Å². The van der Waals surface area contributed by atoms with Gasteiger partial charge in [0.1, 0.15) is 0 Å². The van der Waals surface area contributed by atoms with Gasteiger partial charge in [-0.05, 0) is 32.8 Å². The van der Waals surface area contributed by atoms with Crippen LogP contribution in [0.5, 0.6) is 0 Å². The summed E-state index contributed by atoms with van der Waals surface area (Å²) in [5, 5.41) is 10.5. The van der Waals surface area contributed by atoms with Crippen LogP contribution in [0, 0.1) is 13.8 Å². The van der Waals surface area contributed by atoms with Gasteiger partial charge in [-0.15, -0.1) is 0 Å². The molecule has 0 aliphatic rings. The Balaban J connectivity index is 2.80. The first-order chi connectivity index (χ1) is 7.45. The third kappa shape index (κ3) is 3.64. The summed E-state index contributed by atoms with van der Waals surface area (Å²) in [4.78, 5) is 0. The standard InChI is InChI=1S/C15H24O/c1-5-6-7-8-15(4,16)14-10-12(2)9-13(3)11-14/h9-11,16H,5-8H2,1-4H3. The van der Waals surface area contributed by atoms with Crippen LogP contribution in [0.2, 0.25) is 0 Å². The zero-order valence-electron chi connectivity index (χ0n) is 11.0. The van der Waals surface area contributed by atoms with Crippen molar-refractivity contribution in [3.8, 4) is 0 Å². The minimum Gasteiger partial charge on any atom is -0.385 e. The molecular formula is C15H24O. The summed E-state index contributed by atoms with van der Waals surface area (Å²) in [6, 6.07) is 6.34. The van der Waals surface area contributed by atoms with Crippen LogP contribution in [0.25, 0.3) is 0 Å². The number of benzene rings is 1. The fourth-order valence-electron chi connectivity index (χ4n) is 2.15. The lowest BCUT2D eigenvalue weighted by Crippen LogP contribution is -2.21. The van der Waals surface area contributed by atoms with E-state index in [9.17, 15) is 5.11 Å². The molecule has 1 heteroatoms. The van der Waals surface area contributed by atoms with E-state index in [-0.39, 0.29) is 0 Å². The maximum Gasteiger partial charge on any atom is 0.0868 e. The van der Waals surface area contributed by atoms with Crippen molar-refractivity contribution in [2.75, 3.05) is 0 Å². The van der Waals surface area contributed by atoms with E-state index in [1.807, 2.05) is 6.92 Å². The Kier molecular flexibility index (Phi) is 4.55. The summed E-state index contributed by atoms with van der Waals surface area (Å²) in [6.45, 7) is 8.28. The van der Waals surface area contributed by atoms with Gasteiger partial charge in [-0.2, -0.15) is 0 Å². The topological polar surface area (TPSA) is 20.2 Å². The quantitative estimate of drug-likeness (QED) is 0.741. The van der Waals surface area contributed by atoms with E-state index in [0.29, 0.717) is 0 Å². The molecule has 1 aromatic carbocycles. The van der Waals surface area contributed by atoms with Gasteiger partial charge in [0.2, 0.25) is 0 Å². The van der Waals surface area contributed by atoms with Crippen molar-refractivity contribution in [1.29, 1.82) is 0 Å². The molecule has 0 bridgehead atoms. The van der Waals surface area contributed by atoms with E-state index >= 15 is 0 Å². The Hall–Kier alpha value is -0.820. The highest BCUT2D eigenvalue weighted by atomic mass is 16.3. The van der Waals surface area contributed by atoms with Crippen LogP contribution in [-0.4, -0.2) is 5.11 Å². The van der Waals surface area contributed by atoms with Gasteiger partial charge in [0.15, 0.2) is 0 Å². The molecule has 0 amide bonds. The monoisotopic (exact) mass is 220 g/mol. The van der Waals surface area contributed by atoms with Gasteiger partial charge in [0, 0.05) is 0 Å².